The Labute approximate surface area is 121 Å². The van der Waals surface area contributed by atoms with E-state index in [4.69, 9.17) is 0 Å². The molecule has 3 aromatic rings. The minimum absolute atomic E-state index is 0.0602. The van der Waals surface area contributed by atoms with Crippen molar-refractivity contribution in [1.82, 2.24) is 9.97 Å². The van der Waals surface area contributed by atoms with Gasteiger partial charge in [0.15, 0.2) is 0 Å². The number of nitrogens with zero attached hydrogens (tertiary/aromatic N) is 2. The zero-order valence-electron chi connectivity index (χ0n) is 11.2. The molecular weight excluding hydrogens is 268 g/mol. The van der Waals surface area contributed by atoms with Crippen molar-refractivity contribution >= 4 is 28.0 Å². The highest BCUT2D eigenvalue weighted by molar-refractivity contribution is 5.99. The van der Waals surface area contributed by atoms with Gasteiger partial charge in [-0.15, -0.1) is 0 Å². The number of fused-ring (bicyclic) bond motifs is 1. The van der Waals surface area contributed by atoms with Crippen LogP contribution in [0.4, 0.5) is 17.1 Å². The zero-order chi connectivity index (χ0) is 14.8. The van der Waals surface area contributed by atoms with Gasteiger partial charge in [-0.3, -0.25) is 15.1 Å². The number of anilines is 2. The number of nitrogens with one attached hydrogen (secondary N) is 2. The van der Waals surface area contributed by atoms with Crippen LogP contribution in [0, 0.1) is 17.0 Å². The third kappa shape index (κ3) is 2.43. The molecule has 0 aliphatic carbocycles. The molecule has 0 aliphatic heterocycles. The molecule has 2 heterocycles. The maximum atomic E-state index is 11.1. The lowest BCUT2D eigenvalue weighted by Gasteiger charge is -2.07. The Kier molecular flexibility index (Phi) is 3.27. The minimum Gasteiger partial charge on any atom is -0.355 e. The molecule has 0 saturated heterocycles. The number of aromatic amines is 1. The molecule has 6 heteroatoms. The second-order valence-electron chi connectivity index (χ2n) is 4.58. The van der Waals surface area contributed by atoms with E-state index in [9.17, 15) is 10.1 Å². The second kappa shape index (κ2) is 5.24. The number of non-ortho nitro benzene ring substituents is 1. The zero-order valence-corrected chi connectivity index (χ0v) is 11.2. The normalized spacial score (nSPS) is 10.7. The van der Waals surface area contributed by atoms with Crippen LogP contribution in [-0.2, 0) is 6.42 Å². The summed E-state index contributed by atoms with van der Waals surface area (Å²) in [7, 11) is 0. The molecule has 2 N–H and O–H groups in total. The molecule has 0 atom stereocenters. The van der Waals surface area contributed by atoms with Crippen molar-refractivity contribution in [2.24, 2.45) is 0 Å². The maximum absolute atomic E-state index is 11.1. The van der Waals surface area contributed by atoms with E-state index in [0.29, 0.717) is 11.9 Å². The number of H-pyrrole nitrogens is 1. The quantitative estimate of drug-likeness (QED) is 0.565. The molecule has 0 spiro atoms. The van der Waals surface area contributed by atoms with E-state index >= 15 is 0 Å². The number of benzene rings is 1. The van der Waals surface area contributed by atoms with Crippen molar-refractivity contribution in [3.8, 4) is 0 Å². The van der Waals surface area contributed by atoms with Gasteiger partial charge in [-0.2, -0.15) is 0 Å². The topological polar surface area (TPSA) is 83.8 Å². The summed E-state index contributed by atoms with van der Waals surface area (Å²) in [5, 5.41) is 15.1. The van der Waals surface area contributed by atoms with E-state index < -0.39 is 0 Å². The first-order valence-corrected chi connectivity index (χ1v) is 6.44. The number of rotatable bonds is 4. The number of nitro groups is 1. The fraction of sp³-hybridized carbons (Fsp3) is 0.0667. The standard InChI is InChI=1S/C15H13N4O2/c1-2-10-9-12-13(17-11-5-7-16-8-6-11)3-4-14(19(20)21)15(12)18-10/h3-9,18H,1-2H2,(H,16,17). The molecule has 1 aromatic carbocycles. The number of hydrogen-bond acceptors (Lipinski definition) is 4. The van der Waals surface area contributed by atoms with Crippen molar-refractivity contribution in [2.75, 3.05) is 5.32 Å². The van der Waals surface area contributed by atoms with Crippen LogP contribution in [0.3, 0.4) is 0 Å². The SMILES string of the molecule is [CH2]Cc1cc2c(Nc3ccncc3)ccc([N+](=O)[O-])c2[nH]1. The molecule has 0 fully saturated rings. The van der Waals surface area contributed by atoms with Gasteiger partial charge in [-0.1, -0.05) is 0 Å². The fourth-order valence-corrected chi connectivity index (χ4v) is 2.25. The summed E-state index contributed by atoms with van der Waals surface area (Å²) in [5.74, 6) is 0. The van der Waals surface area contributed by atoms with Crippen LogP contribution in [0.2, 0.25) is 0 Å². The van der Waals surface area contributed by atoms with Crippen LogP contribution in [0.15, 0.2) is 42.7 Å². The first-order valence-electron chi connectivity index (χ1n) is 6.44. The summed E-state index contributed by atoms with van der Waals surface area (Å²) in [6.45, 7) is 3.81. The largest absolute Gasteiger partial charge is 0.355 e. The molecule has 6 nitrogen and oxygen atoms in total. The average Bonchev–Trinajstić information content (AvgIpc) is 2.93. The number of aromatic nitrogens is 2. The second-order valence-corrected chi connectivity index (χ2v) is 4.58. The molecule has 105 valence electrons. The van der Waals surface area contributed by atoms with E-state index in [1.54, 1.807) is 18.5 Å². The van der Waals surface area contributed by atoms with Gasteiger partial charge in [-0.05, 0) is 37.6 Å². The number of pyridine rings is 1. The van der Waals surface area contributed by atoms with Gasteiger partial charge >= 0.3 is 0 Å². The van der Waals surface area contributed by atoms with Crippen molar-refractivity contribution in [3.63, 3.8) is 0 Å². The highest BCUT2D eigenvalue weighted by atomic mass is 16.6. The monoisotopic (exact) mass is 281 g/mol. The summed E-state index contributed by atoms with van der Waals surface area (Å²) in [6, 6.07) is 8.76. The van der Waals surface area contributed by atoms with Gasteiger partial charge in [0.1, 0.15) is 5.52 Å². The number of nitro benzene ring substituents is 1. The third-order valence-corrected chi connectivity index (χ3v) is 3.25. The van der Waals surface area contributed by atoms with Crippen LogP contribution in [-0.4, -0.2) is 14.9 Å². The predicted octanol–water partition coefficient (Wildman–Crippen LogP) is 3.59. The molecule has 0 bridgehead atoms. The predicted molar refractivity (Wildman–Crippen MR) is 81.5 cm³/mol. The summed E-state index contributed by atoms with van der Waals surface area (Å²) in [6.07, 6.45) is 3.91. The van der Waals surface area contributed by atoms with Gasteiger partial charge in [0.25, 0.3) is 5.69 Å². The van der Waals surface area contributed by atoms with E-state index in [-0.39, 0.29) is 10.6 Å². The molecule has 0 unspecified atom stereocenters. The van der Waals surface area contributed by atoms with E-state index in [2.05, 4.69) is 22.2 Å². The van der Waals surface area contributed by atoms with Gasteiger partial charge < -0.3 is 10.3 Å². The smallest absolute Gasteiger partial charge is 0.293 e. The molecule has 1 radical (unpaired) electrons. The highest BCUT2D eigenvalue weighted by Crippen LogP contribution is 2.33. The summed E-state index contributed by atoms with van der Waals surface area (Å²) < 4.78 is 0. The molecular formula is C15H13N4O2. The molecule has 0 amide bonds. The Morgan fingerprint density at radius 3 is 2.71 bits per heavy atom. The summed E-state index contributed by atoms with van der Waals surface area (Å²) in [5.41, 5.74) is 3.11. The van der Waals surface area contributed by atoms with Gasteiger partial charge in [0, 0.05) is 40.9 Å². The van der Waals surface area contributed by atoms with Crippen molar-refractivity contribution in [3.05, 3.63) is 65.5 Å². The lowest BCUT2D eigenvalue weighted by atomic mass is 10.1. The van der Waals surface area contributed by atoms with Crippen molar-refractivity contribution < 1.29 is 4.92 Å². The average molecular weight is 281 g/mol. The number of hydrogen-bond donors (Lipinski definition) is 2. The Hall–Kier alpha value is -2.89. The summed E-state index contributed by atoms with van der Waals surface area (Å²) >= 11 is 0. The first-order chi connectivity index (χ1) is 10.2. The van der Waals surface area contributed by atoms with Gasteiger partial charge in [-0.25, -0.2) is 0 Å². The van der Waals surface area contributed by atoms with Crippen LogP contribution < -0.4 is 5.32 Å². The Bertz CT molecular complexity index is 796. The van der Waals surface area contributed by atoms with E-state index in [1.807, 2.05) is 18.2 Å². The van der Waals surface area contributed by atoms with Crippen molar-refractivity contribution in [2.45, 2.75) is 6.42 Å². The van der Waals surface area contributed by atoms with Gasteiger partial charge in [0.2, 0.25) is 0 Å². The highest BCUT2D eigenvalue weighted by Gasteiger charge is 2.17. The lowest BCUT2D eigenvalue weighted by molar-refractivity contribution is -0.383. The van der Waals surface area contributed by atoms with Crippen LogP contribution >= 0.6 is 0 Å². The maximum Gasteiger partial charge on any atom is 0.293 e. The Balaban J connectivity index is 2.13. The Morgan fingerprint density at radius 1 is 1.29 bits per heavy atom. The van der Waals surface area contributed by atoms with Crippen LogP contribution in [0.1, 0.15) is 5.69 Å². The molecule has 0 saturated carbocycles. The Morgan fingerprint density at radius 2 is 2.05 bits per heavy atom. The van der Waals surface area contributed by atoms with E-state index in [0.717, 1.165) is 22.5 Å². The molecule has 0 aliphatic rings. The summed E-state index contributed by atoms with van der Waals surface area (Å²) in [4.78, 5) is 17.8. The van der Waals surface area contributed by atoms with Crippen molar-refractivity contribution in [1.29, 1.82) is 0 Å². The van der Waals surface area contributed by atoms with E-state index in [1.165, 1.54) is 6.07 Å². The van der Waals surface area contributed by atoms with Crippen LogP contribution in [0.5, 0.6) is 0 Å². The molecule has 2 aromatic heterocycles. The minimum atomic E-state index is -0.387. The van der Waals surface area contributed by atoms with Crippen LogP contribution in [0.25, 0.3) is 10.9 Å². The third-order valence-electron chi connectivity index (χ3n) is 3.25. The molecule has 3 rings (SSSR count). The lowest BCUT2D eigenvalue weighted by Crippen LogP contribution is -1.94. The molecule has 21 heavy (non-hydrogen) atoms. The van der Waals surface area contributed by atoms with Gasteiger partial charge in [0.05, 0.1) is 4.92 Å². The first kappa shape index (κ1) is 13.1. The fourth-order valence-electron chi connectivity index (χ4n) is 2.25.